The summed E-state index contributed by atoms with van der Waals surface area (Å²) < 4.78 is 27.0. The third-order valence-electron chi connectivity index (χ3n) is 5.51. The molecular formula is C26H23FN2O5. The van der Waals surface area contributed by atoms with E-state index in [9.17, 15) is 14.4 Å². The first-order valence-electron chi connectivity index (χ1n) is 10.6. The standard InChI is InChI=1S/C26H23FN2O5/c1-15(31)33-14-20-19(23-9-8-18(13-30)34-23)6-5-7-22(20)29-25(32)24-16(12-28-29)10-17(11-21(24)27)26(2,3)4/h5-13H,14H2,1-4H3. The van der Waals surface area contributed by atoms with E-state index in [0.717, 1.165) is 10.2 Å². The lowest BCUT2D eigenvalue weighted by molar-refractivity contribution is -0.142. The normalized spacial score (nSPS) is 11.6. The van der Waals surface area contributed by atoms with Gasteiger partial charge in [0.25, 0.3) is 5.56 Å². The Labute approximate surface area is 194 Å². The molecule has 34 heavy (non-hydrogen) atoms. The highest BCUT2D eigenvalue weighted by molar-refractivity contribution is 5.83. The van der Waals surface area contributed by atoms with Crippen LogP contribution in [0.2, 0.25) is 0 Å². The van der Waals surface area contributed by atoms with Crippen molar-refractivity contribution < 1.29 is 23.1 Å². The molecule has 0 N–H and O–H groups in total. The second-order valence-corrected chi connectivity index (χ2v) is 8.94. The molecule has 0 aliphatic heterocycles. The topological polar surface area (TPSA) is 91.4 Å². The zero-order chi connectivity index (χ0) is 24.6. The molecule has 0 aliphatic rings. The smallest absolute Gasteiger partial charge is 0.302 e. The molecule has 7 nitrogen and oxygen atoms in total. The van der Waals surface area contributed by atoms with Crippen LogP contribution < -0.4 is 5.56 Å². The predicted octanol–water partition coefficient (Wildman–Crippen LogP) is 4.96. The van der Waals surface area contributed by atoms with Gasteiger partial charge in [-0.05, 0) is 41.3 Å². The number of carbonyl (C=O) groups excluding carboxylic acids is 2. The van der Waals surface area contributed by atoms with Gasteiger partial charge in [-0.25, -0.2) is 4.39 Å². The maximum absolute atomic E-state index is 15.1. The van der Waals surface area contributed by atoms with Gasteiger partial charge < -0.3 is 9.15 Å². The lowest BCUT2D eigenvalue weighted by Crippen LogP contribution is -2.24. The number of carbonyl (C=O) groups is 2. The minimum atomic E-state index is -0.648. The fourth-order valence-corrected chi connectivity index (χ4v) is 3.73. The molecule has 0 bridgehead atoms. The number of hydrogen-bond acceptors (Lipinski definition) is 6. The minimum Gasteiger partial charge on any atom is -0.461 e. The van der Waals surface area contributed by atoms with Gasteiger partial charge in [-0.15, -0.1) is 0 Å². The number of ether oxygens (including phenoxy) is 1. The van der Waals surface area contributed by atoms with Crippen molar-refractivity contribution in [2.45, 2.75) is 39.7 Å². The molecule has 0 saturated carbocycles. The van der Waals surface area contributed by atoms with E-state index in [-0.39, 0.29) is 23.2 Å². The number of fused-ring (bicyclic) bond motifs is 1. The number of benzene rings is 2. The highest BCUT2D eigenvalue weighted by atomic mass is 19.1. The van der Waals surface area contributed by atoms with Crippen molar-refractivity contribution in [2.24, 2.45) is 0 Å². The Hall–Kier alpha value is -4.07. The van der Waals surface area contributed by atoms with E-state index < -0.39 is 17.3 Å². The van der Waals surface area contributed by atoms with Crippen molar-refractivity contribution in [1.29, 1.82) is 0 Å². The zero-order valence-corrected chi connectivity index (χ0v) is 19.2. The van der Waals surface area contributed by atoms with Crippen molar-refractivity contribution in [1.82, 2.24) is 9.78 Å². The fourth-order valence-electron chi connectivity index (χ4n) is 3.73. The Bertz CT molecular complexity index is 1480. The molecule has 4 rings (SSSR count). The SMILES string of the molecule is CC(=O)OCc1c(-c2ccc(C=O)o2)cccc1-n1ncc2cc(C(C)(C)C)cc(F)c2c1=O. The van der Waals surface area contributed by atoms with Gasteiger partial charge in [0.15, 0.2) is 12.0 Å². The third kappa shape index (κ3) is 4.26. The van der Waals surface area contributed by atoms with E-state index >= 15 is 4.39 Å². The van der Waals surface area contributed by atoms with E-state index in [4.69, 9.17) is 9.15 Å². The lowest BCUT2D eigenvalue weighted by atomic mass is 9.86. The molecule has 0 aliphatic carbocycles. The van der Waals surface area contributed by atoms with Crippen molar-refractivity contribution in [2.75, 3.05) is 0 Å². The van der Waals surface area contributed by atoms with E-state index in [0.29, 0.717) is 34.2 Å². The predicted molar refractivity (Wildman–Crippen MR) is 125 cm³/mol. The Morgan fingerprint density at radius 3 is 2.62 bits per heavy atom. The monoisotopic (exact) mass is 462 g/mol. The van der Waals surface area contributed by atoms with Gasteiger partial charge in [-0.3, -0.25) is 14.4 Å². The number of aldehydes is 1. The van der Waals surface area contributed by atoms with Gasteiger partial charge in [0.1, 0.15) is 18.2 Å². The molecular weight excluding hydrogens is 439 g/mol. The molecule has 0 fully saturated rings. The molecule has 0 radical (unpaired) electrons. The van der Waals surface area contributed by atoms with Crippen LogP contribution in [-0.4, -0.2) is 22.0 Å². The van der Waals surface area contributed by atoms with E-state index in [1.54, 1.807) is 30.3 Å². The molecule has 8 heteroatoms. The first-order valence-corrected chi connectivity index (χ1v) is 10.6. The van der Waals surface area contributed by atoms with Crippen LogP contribution in [0.4, 0.5) is 4.39 Å². The molecule has 4 aromatic rings. The number of hydrogen-bond donors (Lipinski definition) is 0. The highest BCUT2D eigenvalue weighted by Crippen LogP contribution is 2.31. The van der Waals surface area contributed by atoms with Crippen LogP contribution >= 0.6 is 0 Å². The number of nitrogens with zero attached hydrogens (tertiary/aromatic N) is 2. The number of aromatic nitrogens is 2. The average Bonchev–Trinajstić information content (AvgIpc) is 3.26. The quantitative estimate of drug-likeness (QED) is 0.308. The number of halogens is 1. The van der Waals surface area contributed by atoms with Crippen LogP contribution in [0.25, 0.3) is 27.8 Å². The lowest BCUT2D eigenvalue weighted by Gasteiger charge is -2.20. The fraction of sp³-hybridized carbons (Fsp3) is 0.231. The van der Waals surface area contributed by atoms with Crippen LogP contribution in [0.15, 0.2) is 57.9 Å². The number of esters is 1. The van der Waals surface area contributed by atoms with Crippen LogP contribution in [0, 0.1) is 5.82 Å². The summed E-state index contributed by atoms with van der Waals surface area (Å²) in [6.45, 7) is 6.96. The first kappa shape index (κ1) is 23.1. The van der Waals surface area contributed by atoms with Crippen molar-refractivity contribution in [3.05, 3.63) is 81.7 Å². The number of furan rings is 1. The summed E-state index contributed by atoms with van der Waals surface area (Å²) in [5.41, 5.74) is 1.02. The Kier molecular flexibility index (Phi) is 5.91. The molecule has 0 saturated heterocycles. The Morgan fingerprint density at radius 2 is 1.97 bits per heavy atom. The van der Waals surface area contributed by atoms with Crippen LogP contribution in [0.3, 0.4) is 0 Å². The molecule has 2 aromatic carbocycles. The summed E-state index contributed by atoms with van der Waals surface area (Å²) in [6.07, 6.45) is 2.01. The molecule has 2 aromatic heterocycles. The maximum Gasteiger partial charge on any atom is 0.302 e. The second kappa shape index (κ2) is 8.70. The van der Waals surface area contributed by atoms with Gasteiger partial charge >= 0.3 is 5.97 Å². The average molecular weight is 462 g/mol. The summed E-state index contributed by atoms with van der Waals surface area (Å²) in [5, 5.41) is 4.60. The summed E-state index contributed by atoms with van der Waals surface area (Å²) in [5.74, 6) is -0.686. The summed E-state index contributed by atoms with van der Waals surface area (Å²) in [7, 11) is 0. The van der Waals surface area contributed by atoms with E-state index in [1.165, 1.54) is 25.3 Å². The summed E-state index contributed by atoms with van der Waals surface area (Å²) >= 11 is 0. The van der Waals surface area contributed by atoms with E-state index in [1.807, 2.05) is 20.8 Å². The van der Waals surface area contributed by atoms with Crippen LogP contribution in [0.1, 0.15) is 49.4 Å². The molecule has 0 amide bonds. The third-order valence-corrected chi connectivity index (χ3v) is 5.51. The van der Waals surface area contributed by atoms with Crippen LogP contribution in [-0.2, 0) is 21.6 Å². The van der Waals surface area contributed by atoms with Gasteiger partial charge in [0.05, 0.1) is 17.3 Å². The zero-order valence-electron chi connectivity index (χ0n) is 19.2. The molecule has 0 unspecified atom stereocenters. The largest absolute Gasteiger partial charge is 0.461 e. The highest BCUT2D eigenvalue weighted by Gasteiger charge is 2.21. The van der Waals surface area contributed by atoms with Gasteiger partial charge in [-0.2, -0.15) is 9.78 Å². The van der Waals surface area contributed by atoms with Crippen molar-refractivity contribution in [3.63, 3.8) is 0 Å². The Balaban J connectivity index is 1.95. The molecule has 174 valence electrons. The van der Waals surface area contributed by atoms with Crippen molar-refractivity contribution >= 4 is 23.0 Å². The van der Waals surface area contributed by atoms with Crippen molar-refractivity contribution in [3.8, 4) is 17.0 Å². The minimum absolute atomic E-state index is 0.0897. The van der Waals surface area contributed by atoms with Gasteiger partial charge in [0.2, 0.25) is 0 Å². The van der Waals surface area contributed by atoms with Gasteiger partial charge in [-0.1, -0.05) is 32.9 Å². The molecule has 0 atom stereocenters. The molecule has 0 spiro atoms. The maximum atomic E-state index is 15.1. The van der Waals surface area contributed by atoms with E-state index in [2.05, 4.69) is 5.10 Å². The van der Waals surface area contributed by atoms with Crippen LogP contribution in [0.5, 0.6) is 0 Å². The molecule has 2 heterocycles. The van der Waals surface area contributed by atoms with Gasteiger partial charge in [0, 0.05) is 23.4 Å². The second-order valence-electron chi connectivity index (χ2n) is 8.94. The number of rotatable bonds is 5. The summed E-state index contributed by atoms with van der Waals surface area (Å²) in [4.78, 5) is 36.0. The first-order chi connectivity index (χ1) is 16.1. The Morgan fingerprint density at radius 1 is 1.21 bits per heavy atom. The summed E-state index contributed by atoms with van der Waals surface area (Å²) in [6, 6.07) is 11.2.